The van der Waals surface area contributed by atoms with Crippen molar-refractivity contribution in [2.75, 3.05) is 0 Å². The van der Waals surface area contributed by atoms with Gasteiger partial charge < -0.3 is 5.11 Å². The van der Waals surface area contributed by atoms with Crippen LogP contribution in [0.5, 0.6) is 0 Å². The van der Waals surface area contributed by atoms with Crippen LogP contribution in [0, 0.1) is 0 Å². The Balaban J connectivity index is 2.17. The fourth-order valence-corrected chi connectivity index (χ4v) is 2.35. The van der Waals surface area contributed by atoms with Crippen molar-refractivity contribution < 1.29 is 5.11 Å². The Labute approximate surface area is 112 Å². The number of nitrogens with zero attached hydrogens (tertiary/aromatic N) is 3. The van der Waals surface area contributed by atoms with E-state index in [-0.39, 0.29) is 6.61 Å². The molecule has 3 aromatic rings. The molecule has 1 N–H and O–H groups in total. The standard InChI is InChI=1S/C13H10BrN3O/c14-11-7-10(6-5-9(11)8-18)17-13-4-2-1-3-12(13)15-16-17/h1-7,18H,8H2. The Hall–Kier alpha value is -1.72. The van der Waals surface area contributed by atoms with Gasteiger partial charge in [-0.2, -0.15) is 0 Å². The molecule has 3 rings (SSSR count). The zero-order valence-corrected chi connectivity index (χ0v) is 11.0. The van der Waals surface area contributed by atoms with Crippen LogP contribution in [0.15, 0.2) is 46.9 Å². The molecule has 0 saturated heterocycles. The number of aromatic nitrogens is 3. The lowest BCUT2D eigenvalue weighted by atomic mass is 10.2. The smallest absolute Gasteiger partial charge is 0.113 e. The number of fused-ring (bicyclic) bond motifs is 1. The normalized spacial score (nSPS) is 11.0. The van der Waals surface area contributed by atoms with E-state index >= 15 is 0 Å². The maximum atomic E-state index is 9.15. The van der Waals surface area contributed by atoms with E-state index in [0.717, 1.165) is 26.8 Å². The van der Waals surface area contributed by atoms with Crippen LogP contribution in [0.4, 0.5) is 0 Å². The molecule has 0 unspecified atom stereocenters. The van der Waals surface area contributed by atoms with Gasteiger partial charge in [0, 0.05) is 4.47 Å². The molecule has 0 bridgehead atoms. The van der Waals surface area contributed by atoms with Gasteiger partial charge in [0.05, 0.1) is 17.8 Å². The lowest BCUT2D eigenvalue weighted by Gasteiger charge is -2.05. The maximum Gasteiger partial charge on any atom is 0.113 e. The van der Waals surface area contributed by atoms with Crippen molar-refractivity contribution in [1.82, 2.24) is 15.0 Å². The molecular formula is C13H10BrN3O. The molecule has 0 amide bonds. The first kappa shape index (κ1) is 11.4. The van der Waals surface area contributed by atoms with Gasteiger partial charge in [0.25, 0.3) is 0 Å². The minimum absolute atomic E-state index is 0.0129. The number of halogens is 1. The number of benzene rings is 2. The van der Waals surface area contributed by atoms with Crippen molar-refractivity contribution in [3.63, 3.8) is 0 Å². The minimum Gasteiger partial charge on any atom is -0.392 e. The number of hydrogen-bond acceptors (Lipinski definition) is 3. The Morgan fingerprint density at radius 3 is 2.78 bits per heavy atom. The van der Waals surface area contributed by atoms with Crippen LogP contribution in [0.1, 0.15) is 5.56 Å². The summed E-state index contributed by atoms with van der Waals surface area (Å²) in [7, 11) is 0. The summed E-state index contributed by atoms with van der Waals surface area (Å²) in [4.78, 5) is 0. The third-order valence-electron chi connectivity index (χ3n) is 2.80. The monoisotopic (exact) mass is 303 g/mol. The number of para-hydroxylation sites is 1. The lowest BCUT2D eigenvalue weighted by Crippen LogP contribution is -1.97. The minimum atomic E-state index is 0.0129. The molecule has 18 heavy (non-hydrogen) atoms. The molecule has 2 aromatic carbocycles. The molecule has 0 aliphatic heterocycles. The van der Waals surface area contributed by atoms with E-state index in [4.69, 9.17) is 5.11 Å². The van der Waals surface area contributed by atoms with Crippen LogP contribution in [0.3, 0.4) is 0 Å². The number of hydrogen-bond donors (Lipinski definition) is 1. The Kier molecular flexibility index (Phi) is 2.85. The largest absolute Gasteiger partial charge is 0.392 e. The van der Waals surface area contributed by atoms with Crippen LogP contribution in [0.2, 0.25) is 0 Å². The van der Waals surface area contributed by atoms with Crippen molar-refractivity contribution in [3.05, 3.63) is 52.5 Å². The van der Waals surface area contributed by atoms with Crippen molar-refractivity contribution in [2.45, 2.75) is 6.61 Å². The predicted octanol–water partition coefficient (Wildman–Crippen LogP) is 2.68. The SMILES string of the molecule is OCc1ccc(-n2nnc3ccccc32)cc1Br. The molecule has 1 aromatic heterocycles. The average molecular weight is 304 g/mol. The van der Waals surface area contributed by atoms with Crippen molar-refractivity contribution >= 4 is 27.0 Å². The molecule has 0 aliphatic rings. The molecule has 0 spiro atoms. The summed E-state index contributed by atoms with van der Waals surface area (Å²) >= 11 is 3.44. The average Bonchev–Trinajstić information content (AvgIpc) is 2.82. The van der Waals surface area contributed by atoms with E-state index in [0.29, 0.717) is 0 Å². The fraction of sp³-hybridized carbons (Fsp3) is 0.0769. The number of rotatable bonds is 2. The second-order valence-corrected chi connectivity index (χ2v) is 4.78. The van der Waals surface area contributed by atoms with E-state index in [9.17, 15) is 0 Å². The topological polar surface area (TPSA) is 50.9 Å². The number of aliphatic hydroxyl groups excluding tert-OH is 1. The molecule has 0 radical (unpaired) electrons. The van der Waals surface area contributed by atoms with Crippen molar-refractivity contribution in [1.29, 1.82) is 0 Å². The van der Waals surface area contributed by atoms with Crippen LogP contribution in [-0.4, -0.2) is 20.1 Å². The summed E-state index contributed by atoms with van der Waals surface area (Å²) in [5.41, 5.74) is 3.58. The highest BCUT2D eigenvalue weighted by Crippen LogP contribution is 2.22. The Bertz CT molecular complexity index is 708. The van der Waals surface area contributed by atoms with Gasteiger partial charge in [-0.15, -0.1) is 5.10 Å². The van der Waals surface area contributed by atoms with Crippen LogP contribution in [0.25, 0.3) is 16.7 Å². The van der Waals surface area contributed by atoms with Crippen molar-refractivity contribution in [2.24, 2.45) is 0 Å². The van der Waals surface area contributed by atoms with Gasteiger partial charge in [-0.05, 0) is 29.8 Å². The quantitative estimate of drug-likeness (QED) is 0.792. The molecule has 0 atom stereocenters. The zero-order chi connectivity index (χ0) is 12.5. The Morgan fingerprint density at radius 1 is 1.17 bits per heavy atom. The maximum absolute atomic E-state index is 9.15. The summed E-state index contributed by atoms with van der Waals surface area (Å²) in [6.07, 6.45) is 0. The van der Waals surface area contributed by atoms with Gasteiger partial charge in [0.1, 0.15) is 5.52 Å². The summed E-state index contributed by atoms with van der Waals surface area (Å²) < 4.78 is 2.64. The molecule has 90 valence electrons. The molecule has 0 fully saturated rings. The van der Waals surface area contributed by atoms with Gasteiger partial charge in [-0.25, -0.2) is 4.68 Å². The van der Waals surface area contributed by atoms with Crippen LogP contribution >= 0.6 is 15.9 Å². The summed E-state index contributed by atoms with van der Waals surface area (Å²) in [5, 5.41) is 17.4. The highest BCUT2D eigenvalue weighted by Gasteiger charge is 2.07. The van der Waals surface area contributed by atoms with E-state index < -0.39 is 0 Å². The highest BCUT2D eigenvalue weighted by atomic mass is 79.9. The number of aliphatic hydroxyl groups is 1. The second kappa shape index (κ2) is 4.51. The Morgan fingerprint density at radius 2 is 2.00 bits per heavy atom. The first-order chi connectivity index (χ1) is 8.79. The first-order valence-electron chi connectivity index (χ1n) is 5.49. The van der Waals surface area contributed by atoms with Gasteiger partial charge in [0.2, 0.25) is 0 Å². The first-order valence-corrected chi connectivity index (χ1v) is 6.29. The van der Waals surface area contributed by atoms with E-state index in [1.54, 1.807) is 4.68 Å². The molecular weight excluding hydrogens is 294 g/mol. The van der Waals surface area contributed by atoms with Crippen molar-refractivity contribution in [3.8, 4) is 5.69 Å². The predicted molar refractivity (Wildman–Crippen MR) is 72.5 cm³/mol. The van der Waals surface area contributed by atoms with E-state index in [1.165, 1.54) is 0 Å². The molecule has 1 heterocycles. The third kappa shape index (κ3) is 1.81. The van der Waals surface area contributed by atoms with Gasteiger partial charge in [-0.1, -0.05) is 39.3 Å². The summed E-state index contributed by atoms with van der Waals surface area (Å²) in [6, 6.07) is 13.5. The molecule has 0 saturated carbocycles. The molecule has 4 nitrogen and oxygen atoms in total. The second-order valence-electron chi connectivity index (χ2n) is 3.92. The zero-order valence-electron chi connectivity index (χ0n) is 9.42. The lowest BCUT2D eigenvalue weighted by molar-refractivity contribution is 0.281. The van der Waals surface area contributed by atoms with Gasteiger partial charge >= 0.3 is 0 Å². The molecule has 5 heteroatoms. The van der Waals surface area contributed by atoms with E-state index in [2.05, 4.69) is 26.2 Å². The third-order valence-corrected chi connectivity index (χ3v) is 3.54. The summed E-state index contributed by atoms with van der Waals surface area (Å²) in [6.45, 7) is 0.0129. The van der Waals surface area contributed by atoms with Gasteiger partial charge in [0.15, 0.2) is 0 Å². The van der Waals surface area contributed by atoms with Gasteiger partial charge in [-0.3, -0.25) is 0 Å². The van der Waals surface area contributed by atoms with Crippen LogP contribution in [-0.2, 0) is 6.61 Å². The fourth-order valence-electron chi connectivity index (χ4n) is 1.86. The van der Waals surface area contributed by atoms with Crippen LogP contribution < -0.4 is 0 Å². The van der Waals surface area contributed by atoms with E-state index in [1.807, 2.05) is 42.5 Å². The summed E-state index contributed by atoms with van der Waals surface area (Å²) in [5.74, 6) is 0. The highest BCUT2D eigenvalue weighted by molar-refractivity contribution is 9.10. The molecule has 0 aliphatic carbocycles.